The molecule has 0 bridgehead atoms. The third-order valence-electron chi connectivity index (χ3n) is 3.28. The minimum Gasteiger partial charge on any atom is -0.319 e. The van der Waals surface area contributed by atoms with Crippen LogP contribution in [0.15, 0.2) is 42.5 Å². The molecule has 4 heteroatoms. The van der Waals surface area contributed by atoms with Gasteiger partial charge in [0.15, 0.2) is 0 Å². The molecule has 0 radical (unpaired) electrons. The van der Waals surface area contributed by atoms with Crippen molar-refractivity contribution in [1.29, 1.82) is 0 Å². The van der Waals surface area contributed by atoms with Gasteiger partial charge in [-0.1, -0.05) is 24.3 Å². The summed E-state index contributed by atoms with van der Waals surface area (Å²) < 4.78 is 13.7. The molecule has 0 aliphatic rings. The molecule has 0 atom stereocenters. The zero-order chi connectivity index (χ0) is 15.2. The van der Waals surface area contributed by atoms with Crippen LogP contribution in [0, 0.1) is 12.7 Å². The molecule has 0 aromatic heterocycles. The number of halogens is 1. The van der Waals surface area contributed by atoms with E-state index in [0.717, 1.165) is 24.1 Å². The molecule has 0 fully saturated rings. The van der Waals surface area contributed by atoms with Crippen molar-refractivity contribution in [3.8, 4) is 0 Å². The number of amides is 1. The molecule has 0 saturated heterocycles. The summed E-state index contributed by atoms with van der Waals surface area (Å²) in [7, 11) is 1.87. The van der Waals surface area contributed by atoms with E-state index in [4.69, 9.17) is 0 Å². The molecule has 2 N–H and O–H groups in total. The summed E-state index contributed by atoms with van der Waals surface area (Å²) in [6, 6.07) is 12.0. The van der Waals surface area contributed by atoms with E-state index < -0.39 is 5.82 Å². The van der Waals surface area contributed by atoms with Gasteiger partial charge in [-0.25, -0.2) is 4.39 Å². The number of rotatable bonds is 5. The van der Waals surface area contributed by atoms with Gasteiger partial charge in [0, 0.05) is 5.56 Å². The van der Waals surface area contributed by atoms with Crippen LogP contribution in [-0.4, -0.2) is 19.5 Å². The fourth-order valence-electron chi connectivity index (χ4n) is 2.14. The Morgan fingerprint density at radius 1 is 1.19 bits per heavy atom. The number of carbonyl (C=O) groups is 1. The highest BCUT2D eigenvalue weighted by molar-refractivity contribution is 6.05. The van der Waals surface area contributed by atoms with Gasteiger partial charge in [-0.15, -0.1) is 0 Å². The van der Waals surface area contributed by atoms with Gasteiger partial charge in [0.05, 0.1) is 5.69 Å². The standard InChI is InChI=1S/C17H19FN2O/c1-12-7-8-15(18)16(11-12)20-17(21)14-6-4-3-5-13(14)9-10-19-2/h3-8,11,19H,9-10H2,1-2H3,(H,20,21). The molecule has 2 aromatic rings. The number of hydrogen-bond acceptors (Lipinski definition) is 2. The first-order valence-corrected chi connectivity index (χ1v) is 6.92. The van der Waals surface area contributed by atoms with Crippen LogP contribution in [0.2, 0.25) is 0 Å². The molecule has 3 nitrogen and oxygen atoms in total. The molecule has 2 aromatic carbocycles. The van der Waals surface area contributed by atoms with Crippen molar-refractivity contribution in [3.05, 3.63) is 65.0 Å². The minimum absolute atomic E-state index is 0.211. The van der Waals surface area contributed by atoms with E-state index in [1.54, 1.807) is 18.2 Å². The highest BCUT2D eigenvalue weighted by Gasteiger charge is 2.12. The zero-order valence-electron chi connectivity index (χ0n) is 12.2. The largest absolute Gasteiger partial charge is 0.319 e. The summed E-state index contributed by atoms with van der Waals surface area (Å²) in [4.78, 5) is 12.4. The highest BCUT2D eigenvalue weighted by atomic mass is 19.1. The van der Waals surface area contributed by atoms with Crippen LogP contribution >= 0.6 is 0 Å². The van der Waals surface area contributed by atoms with Crippen molar-refractivity contribution in [3.63, 3.8) is 0 Å². The van der Waals surface area contributed by atoms with Gasteiger partial charge < -0.3 is 10.6 Å². The molecule has 0 spiro atoms. The summed E-state index contributed by atoms with van der Waals surface area (Å²) >= 11 is 0. The molecule has 0 saturated carbocycles. The zero-order valence-corrected chi connectivity index (χ0v) is 12.2. The maximum Gasteiger partial charge on any atom is 0.256 e. The summed E-state index contributed by atoms with van der Waals surface area (Å²) in [5, 5.41) is 5.71. The molecule has 0 unspecified atom stereocenters. The number of hydrogen-bond donors (Lipinski definition) is 2. The maximum atomic E-state index is 13.7. The van der Waals surface area contributed by atoms with Crippen molar-refractivity contribution in [2.75, 3.05) is 18.9 Å². The lowest BCUT2D eigenvalue weighted by molar-refractivity contribution is 0.102. The van der Waals surface area contributed by atoms with E-state index in [2.05, 4.69) is 10.6 Å². The van der Waals surface area contributed by atoms with Crippen LogP contribution < -0.4 is 10.6 Å². The first kappa shape index (κ1) is 15.2. The van der Waals surface area contributed by atoms with Crippen LogP contribution in [0.4, 0.5) is 10.1 Å². The maximum absolute atomic E-state index is 13.7. The van der Waals surface area contributed by atoms with E-state index in [9.17, 15) is 9.18 Å². The van der Waals surface area contributed by atoms with Crippen molar-refractivity contribution in [2.45, 2.75) is 13.3 Å². The monoisotopic (exact) mass is 286 g/mol. The Kier molecular flexibility index (Phi) is 5.06. The second-order valence-electron chi connectivity index (χ2n) is 4.95. The van der Waals surface area contributed by atoms with Gasteiger partial charge >= 0.3 is 0 Å². The van der Waals surface area contributed by atoms with Crippen molar-refractivity contribution in [1.82, 2.24) is 5.32 Å². The fourth-order valence-corrected chi connectivity index (χ4v) is 2.14. The lowest BCUT2D eigenvalue weighted by Gasteiger charge is -2.11. The summed E-state index contributed by atoms with van der Waals surface area (Å²) in [6.45, 7) is 2.64. The summed E-state index contributed by atoms with van der Waals surface area (Å²) in [5.74, 6) is -0.715. The number of nitrogens with one attached hydrogen (secondary N) is 2. The first-order chi connectivity index (χ1) is 10.1. The van der Waals surface area contributed by atoms with Gasteiger partial charge in [0.2, 0.25) is 0 Å². The number of carbonyl (C=O) groups excluding carboxylic acids is 1. The predicted octanol–water partition coefficient (Wildman–Crippen LogP) is 3.15. The van der Waals surface area contributed by atoms with Crippen molar-refractivity contribution < 1.29 is 9.18 Å². The Labute approximate surface area is 124 Å². The Hall–Kier alpha value is -2.20. The van der Waals surface area contributed by atoms with Gasteiger partial charge in [0.1, 0.15) is 5.82 Å². The molecule has 110 valence electrons. The molecular formula is C17H19FN2O. The molecule has 2 rings (SSSR count). The second-order valence-corrected chi connectivity index (χ2v) is 4.95. The predicted molar refractivity (Wildman–Crippen MR) is 83.2 cm³/mol. The minimum atomic E-state index is -0.429. The lowest BCUT2D eigenvalue weighted by Crippen LogP contribution is -2.17. The third kappa shape index (κ3) is 3.89. The molecule has 1 amide bonds. The number of anilines is 1. The topological polar surface area (TPSA) is 41.1 Å². The summed E-state index contributed by atoms with van der Waals surface area (Å²) in [5.41, 5.74) is 2.63. The van der Waals surface area contributed by atoms with Gasteiger partial charge in [-0.2, -0.15) is 0 Å². The quantitative estimate of drug-likeness (QED) is 0.886. The molecule has 0 aliphatic heterocycles. The van der Waals surface area contributed by atoms with Crippen LogP contribution in [0.1, 0.15) is 21.5 Å². The number of aryl methyl sites for hydroxylation is 1. The number of likely N-dealkylation sites (N-methyl/N-ethyl adjacent to an activating group) is 1. The van der Waals surface area contributed by atoms with Crippen LogP contribution in [-0.2, 0) is 6.42 Å². The number of benzene rings is 2. The van der Waals surface area contributed by atoms with Crippen molar-refractivity contribution in [2.24, 2.45) is 0 Å². The highest BCUT2D eigenvalue weighted by Crippen LogP contribution is 2.18. The van der Waals surface area contributed by atoms with E-state index in [0.29, 0.717) is 5.56 Å². The summed E-state index contributed by atoms with van der Waals surface area (Å²) in [6.07, 6.45) is 0.746. The Balaban J connectivity index is 2.22. The van der Waals surface area contributed by atoms with E-state index in [-0.39, 0.29) is 11.6 Å². The Morgan fingerprint density at radius 3 is 2.71 bits per heavy atom. The van der Waals surface area contributed by atoms with Gasteiger partial charge in [-0.05, 0) is 56.3 Å². The van der Waals surface area contributed by atoms with Gasteiger partial charge in [0.25, 0.3) is 5.91 Å². The van der Waals surface area contributed by atoms with Crippen molar-refractivity contribution >= 4 is 11.6 Å². The average molecular weight is 286 g/mol. The first-order valence-electron chi connectivity index (χ1n) is 6.92. The van der Waals surface area contributed by atoms with Gasteiger partial charge in [-0.3, -0.25) is 4.79 Å². The van der Waals surface area contributed by atoms with Crippen LogP contribution in [0.5, 0.6) is 0 Å². The van der Waals surface area contributed by atoms with Crippen LogP contribution in [0.3, 0.4) is 0 Å². The molecular weight excluding hydrogens is 267 g/mol. The molecule has 0 aliphatic carbocycles. The SMILES string of the molecule is CNCCc1ccccc1C(=O)Nc1cc(C)ccc1F. The third-order valence-corrected chi connectivity index (χ3v) is 3.28. The van der Waals surface area contributed by atoms with Crippen LogP contribution in [0.25, 0.3) is 0 Å². The molecule has 0 heterocycles. The Bertz CT molecular complexity index is 640. The normalized spacial score (nSPS) is 10.4. The average Bonchev–Trinajstić information content (AvgIpc) is 2.49. The smallest absolute Gasteiger partial charge is 0.256 e. The van der Waals surface area contributed by atoms with E-state index in [1.165, 1.54) is 6.07 Å². The lowest BCUT2D eigenvalue weighted by atomic mass is 10.0. The second kappa shape index (κ2) is 6.99. The van der Waals surface area contributed by atoms with E-state index >= 15 is 0 Å². The van der Waals surface area contributed by atoms with E-state index in [1.807, 2.05) is 32.2 Å². The molecule has 21 heavy (non-hydrogen) atoms. The fraction of sp³-hybridized carbons (Fsp3) is 0.235. The Morgan fingerprint density at radius 2 is 1.95 bits per heavy atom.